The van der Waals surface area contributed by atoms with E-state index in [1.165, 1.54) is 0 Å². The fraction of sp³-hybridized carbons (Fsp3) is 0.222. The van der Waals surface area contributed by atoms with Crippen LogP contribution in [0.4, 0.5) is 0 Å². The Bertz CT molecular complexity index is 945. The number of carbonyl (C=O) groups excluding carboxylic acids is 1. The van der Waals surface area contributed by atoms with Crippen molar-refractivity contribution in [2.45, 2.75) is 13.0 Å². The molecule has 0 bridgehead atoms. The van der Waals surface area contributed by atoms with Crippen LogP contribution in [0.3, 0.4) is 0 Å². The minimum Gasteiger partial charge on any atom is -0.389 e. The number of aryl methyl sites for hydroxylation is 1. The monoisotopic (exact) mass is 341 g/mol. The van der Waals surface area contributed by atoms with Gasteiger partial charge in [0.15, 0.2) is 0 Å². The van der Waals surface area contributed by atoms with Gasteiger partial charge in [-0.15, -0.1) is 0 Å². The number of H-pyrrole nitrogens is 1. The van der Waals surface area contributed by atoms with Crippen LogP contribution in [-0.4, -0.2) is 45.1 Å². The van der Waals surface area contributed by atoms with Crippen molar-refractivity contribution in [2.24, 2.45) is 0 Å². The van der Waals surface area contributed by atoms with Crippen molar-refractivity contribution in [1.82, 2.24) is 14.9 Å². The lowest BCUT2D eigenvalue weighted by Gasteiger charge is -2.36. The number of aromatic amines is 1. The molecule has 3 heterocycles. The van der Waals surface area contributed by atoms with E-state index in [4.69, 9.17) is 11.6 Å². The molecule has 0 atom stereocenters. The van der Waals surface area contributed by atoms with E-state index in [9.17, 15) is 9.90 Å². The summed E-state index contributed by atoms with van der Waals surface area (Å²) in [6, 6.07) is 7.65. The molecule has 4 rings (SSSR count). The maximum Gasteiger partial charge on any atom is 0.254 e. The number of nitrogens with one attached hydrogen (secondary N) is 1. The van der Waals surface area contributed by atoms with Gasteiger partial charge in [0.2, 0.25) is 0 Å². The van der Waals surface area contributed by atoms with Crippen LogP contribution in [0.2, 0.25) is 5.02 Å². The van der Waals surface area contributed by atoms with E-state index in [-0.39, 0.29) is 5.91 Å². The molecular weight excluding hydrogens is 326 g/mol. The molecular formula is C18H16ClN3O2. The molecule has 0 saturated carbocycles. The molecule has 1 fully saturated rings. The number of hydrogen-bond acceptors (Lipinski definition) is 3. The second-order valence-electron chi connectivity index (χ2n) is 6.15. The number of carbonyl (C=O) groups is 1. The van der Waals surface area contributed by atoms with Gasteiger partial charge in [0.05, 0.1) is 11.1 Å². The molecule has 1 aliphatic heterocycles. The summed E-state index contributed by atoms with van der Waals surface area (Å²) < 4.78 is 0. The topological polar surface area (TPSA) is 69.2 Å². The van der Waals surface area contributed by atoms with E-state index in [2.05, 4.69) is 9.97 Å². The Labute approximate surface area is 143 Å². The molecule has 122 valence electrons. The minimum atomic E-state index is -0.392. The van der Waals surface area contributed by atoms with Gasteiger partial charge in [-0.3, -0.25) is 4.79 Å². The van der Waals surface area contributed by atoms with Crippen molar-refractivity contribution in [1.29, 1.82) is 0 Å². The molecule has 2 aromatic heterocycles. The zero-order valence-corrected chi connectivity index (χ0v) is 13.8. The number of aliphatic hydroxyl groups excluding tert-OH is 1. The molecule has 3 aromatic rings. The number of fused-ring (bicyclic) bond motifs is 1. The Balaban J connectivity index is 1.71. The summed E-state index contributed by atoms with van der Waals surface area (Å²) >= 11 is 6.06. The molecule has 2 N–H and O–H groups in total. The lowest BCUT2D eigenvalue weighted by Crippen LogP contribution is -2.53. The fourth-order valence-electron chi connectivity index (χ4n) is 3.08. The van der Waals surface area contributed by atoms with Crippen LogP contribution < -0.4 is 0 Å². The summed E-state index contributed by atoms with van der Waals surface area (Å²) in [6.45, 7) is 2.74. The average Bonchev–Trinajstić information content (AvgIpc) is 2.94. The zero-order valence-electron chi connectivity index (χ0n) is 13.1. The first kappa shape index (κ1) is 15.2. The molecule has 0 radical (unpaired) electrons. The first-order chi connectivity index (χ1) is 11.5. The van der Waals surface area contributed by atoms with E-state index in [1.54, 1.807) is 11.1 Å². The van der Waals surface area contributed by atoms with Gasteiger partial charge >= 0.3 is 0 Å². The van der Waals surface area contributed by atoms with Gasteiger partial charge in [-0.05, 0) is 30.2 Å². The second-order valence-corrected chi connectivity index (χ2v) is 6.58. The quantitative estimate of drug-likeness (QED) is 0.752. The molecule has 24 heavy (non-hydrogen) atoms. The molecule has 1 saturated heterocycles. The largest absolute Gasteiger partial charge is 0.389 e. The van der Waals surface area contributed by atoms with E-state index in [0.29, 0.717) is 23.7 Å². The van der Waals surface area contributed by atoms with Crippen molar-refractivity contribution in [3.63, 3.8) is 0 Å². The number of rotatable bonds is 2. The normalized spacial score (nSPS) is 14.9. The Kier molecular flexibility index (Phi) is 3.55. The zero-order chi connectivity index (χ0) is 16.8. The van der Waals surface area contributed by atoms with Gasteiger partial charge in [-0.25, -0.2) is 4.98 Å². The SMILES string of the molecule is Cc1cc(-c2c[nH]c3ncc(Cl)cc23)ccc1C(=O)N1CC(O)C1. The Morgan fingerprint density at radius 2 is 2.17 bits per heavy atom. The predicted octanol–water partition coefficient (Wildman–Crippen LogP) is 3.01. The first-order valence-electron chi connectivity index (χ1n) is 7.74. The predicted molar refractivity (Wildman–Crippen MR) is 93.2 cm³/mol. The van der Waals surface area contributed by atoms with Gasteiger partial charge < -0.3 is 15.0 Å². The van der Waals surface area contributed by atoms with Gasteiger partial charge in [-0.2, -0.15) is 0 Å². The number of aliphatic hydroxyl groups is 1. The number of likely N-dealkylation sites (tertiary alicyclic amines) is 1. The number of halogens is 1. The van der Waals surface area contributed by atoms with E-state index in [0.717, 1.165) is 27.7 Å². The minimum absolute atomic E-state index is 0.0343. The first-order valence-corrected chi connectivity index (χ1v) is 8.12. The number of nitrogens with zero attached hydrogens (tertiary/aromatic N) is 2. The van der Waals surface area contributed by atoms with E-state index < -0.39 is 6.10 Å². The number of pyridine rings is 1. The van der Waals surface area contributed by atoms with Crippen LogP contribution in [0.1, 0.15) is 15.9 Å². The second kappa shape index (κ2) is 5.61. The number of benzene rings is 1. The number of β-amino-alcohol motifs (C(OH)–C–C–N with tert-alkyl or cyclic N) is 1. The maximum absolute atomic E-state index is 12.4. The van der Waals surface area contributed by atoms with Crippen LogP contribution >= 0.6 is 11.6 Å². The third-order valence-corrected chi connectivity index (χ3v) is 4.62. The van der Waals surface area contributed by atoms with Crippen LogP contribution in [0.5, 0.6) is 0 Å². The lowest BCUT2D eigenvalue weighted by atomic mass is 9.98. The summed E-state index contributed by atoms with van der Waals surface area (Å²) in [5, 5.41) is 10.9. The highest BCUT2D eigenvalue weighted by Crippen LogP contribution is 2.31. The third kappa shape index (κ3) is 2.46. The fourth-order valence-corrected chi connectivity index (χ4v) is 3.24. The van der Waals surface area contributed by atoms with Crippen molar-refractivity contribution in [3.8, 4) is 11.1 Å². The number of amides is 1. The molecule has 0 unspecified atom stereocenters. The molecule has 0 aliphatic carbocycles. The average molecular weight is 342 g/mol. The summed E-state index contributed by atoms with van der Waals surface area (Å²) in [6.07, 6.45) is 3.12. The maximum atomic E-state index is 12.4. The molecule has 1 amide bonds. The molecule has 1 aromatic carbocycles. The summed E-state index contributed by atoms with van der Waals surface area (Å²) in [5.74, 6) is -0.0343. The summed E-state index contributed by atoms with van der Waals surface area (Å²) in [4.78, 5) is 21.5. The molecule has 6 heteroatoms. The number of hydrogen-bond donors (Lipinski definition) is 2. The van der Waals surface area contributed by atoms with Crippen LogP contribution in [-0.2, 0) is 0 Å². The van der Waals surface area contributed by atoms with Gasteiger partial charge in [-0.1, -0.05) is 23.7 Å². The van der Waals surface area contributed by atoms with Crippen LogP contribution in [0.15, 0.2) is 36.7 Å². The Morgan fingerprint density at radius 3 is 2.88 bits per heavy atom. The Hall–Kier alpha value is -2.37. The Morgan fingerprint density at radius 1 is 1.38 bits per heavy atom. The summed E-state index contributed by atoms with van der Waals surface area (Å²) in [5.41, 5.74) is 4.36. The van der Waals surface area contributed by atoms with Crippen molar-refractivity contribution in [3.05, 3.63) is 52.8 Å². The standard InChI is InChI=1S/C18H16ClN3O2/c1-10-4-11(2-3-14(10)18(24)22-8-13(23)9-22)16-7-21-17-15(16)5-12(19)6-20-17/h2-7,13,23H,8-9H2,1H3,(H,20,21). The van der Waals surface area contributed by atoms with E-state index >= 15 is 0 Å². The third-order valence-electron chi connectivity index (χ3n) is 4.42. The number of aromatic nitrogens is 2. The summed E-state index contributed by atoms with van der Waals surface area (Å²) in [7, 11) is 0. The van der Waals surface area contributed by atoms with Crippen LogP contribution in [0, 0.1) is 6.92 Å². The van der Waals surface area contributed by atoms with Crippen molar-refractivity contribution < 1.29 is 9.90 Å². The van der Waals surface area contributed by atoms with Crippen molar-refractivity contribution >= 4 is 28.5 Å². The van der Waals surface area contributed by atoms with E-state index in [1.807, 2.05) is 37.4 Å². The lowest BCUT2D eigenvalue weighted by molar-refractivity contribution is 0.00584. The van der Waals surface area contributed by atoms with Gasteiger partial charge in [0, 0.05) is 42.0 Å². The highest BCUT2D eigenvalue weighted by atomic mass is 35.5. The van der Waals surface area contributed by atoms with Gasteiger partial charge in [0.25, 0.3) is 5.91 Å². The van der Waals surface area contributed by atoms with Crippen LogP contribution in [0.25, 0.3) is 22.2 Å². The molecule has 1 aliphatic rings. The molecule has 5 nitrogen and oxygen atoms in total. The van der Waals surface area contributed by atoms with Gasteiger partial charge in [0.1, 0.15) is 5.65 Å². The highest BCUT2D eigenvalue weighted by Gasteiger charge is 2.30. The van der Waals surface area contributed by atoms with Crippen molar-refractivity contribution in [2.75, 3.05) is 13.1 Å². The smallest absolute Gasteiger partial charge is 0.254 e. The molecule has 0 spiro atoms. The highest BCUT2D eigenvalue weighted by molar-refractivity contribution is 6.31.